The number of hydrogen-bond donors (Lipinski definition) is 3. The number of rotatable bonds is 5. The van der Waals surface area contributed by atoms with Gasteiger partial charge in [0.25, 0.3) is 5.91 Å². The number of hydrogen-bond acceptors (Lipinski definition) is 5. The molecule has 5 nitrogen and oxygen atoms in total. The Morgan fingerprint density at radius 1 is 1.53 bits per heavy atom. The second-order valence-electron chi connectivity index (χ2n) is 5.49. The van der Waals surface area contributed by atoms with Crippen molar-refractivity contribution in [3.63, 3.8) is 0 Å². The largest absolute Gasteiger partial charge is 0.382 e. The second kappa shape index (κ2) is 6.23. The lowest BCUT2D eigenvalue weighted by Crippen LogP contribution is -2.18. The molecule has 0 aromatic carbocycles. The van der Waals surface area contributed by atoms with Crippen molar-refractivity contribution in [1.82, 2.24) is 4.37 Å². The van der Waals surface area contributed by atoms with Crippen LogP contribution in [0.1, 0.15) is 49.4 Å². The zero-order chi connectivity index (χ0) is 13.8. The molecule has 5 N–H and O–H groups in total. The molecule has 1 amide bonds. The smallest absolute Gasteiger partial charge is 0.255 e. The molecule has 0 saturated heterocycles. The molecule has 1 fully saturated rings. The van der Waals surface area contributed by atoms with E-state index in [2.05, 4.69) is 16.6 Å². The van der Waals surface area contributed by atoms with Crippen LogP contribution in [0.25, 0.3) is 0 Å². The molecule has 1 aromatic heterocycles. The highest BCUT2D eigenvalue weighted by Crippen LogP contribution is 2.31. The third-order valence-electron chi connectivity index (χ3n) is 3.85. The lowest BCUT2D eigenvalue weighted by molar-refractivity contribution is 0.100. The summed E-state index contributed by atoms with van der Waals surface area (Å²) < 4.78 is 3.97. The zero-order valence-electron chi connectivity index (χ0n) is 11.3. The van der Waals surface area contributed by atoms with Crippen LogP contribution in [-0.4, -0.2) is 16.8 Å². The monoisotopic (exact) mass is 282 g/mol. The Morgan fingerprint density at radius 2 is 2.32 bits per heavy atom. The average Bonchev–Trinajstić information content (AvgIpc) is 2.71. The highest BCUT2D eigenvalue weighted by atomic mass is 32.1. The van der Waals surface area contributed by atoms with Crippen LogP contribution in [0.4, 0.5) is 10.8 Å². The number of primary amides is 1. The van der Waals surface area contributed by atoms with E-state index in [0.29, 0.717) is 10.6 Å². The second-order valence-corrected chi connectivity index (χ2v) is 6.26. The standard InChI is InChI=1S/C13H22N4OS/c1-8-3-2-4-9(7-8)5-6-16-13-10(12(15)18)11(14)17-19-13/h8-9,16H,2-7H2,1H3,(H2,14,17)(H2,15,18). The van der Waals surface area contributed by atoms with Crippen LogP contribution in [0.15, 0.2) is 0 Å². The van der Waals surface area contributed by atoms with Crippen molar-refractivity contribution < 1.29 is 4.79 Å². The van der Waals surface area contributed by atoms with Gasteiger partial charge in [0.15, 0.2) is 5.82 Å². The summed E-state index contributed by atoms with van der Waals surface area (Å²) in [6.45, 7) is 3.17. The highest BCUT2D eigenvalue weighted by molar-refractivity contribution is 7.11. The van der Waals surface area contributed by atoms with Crippen molar-refractivity contribution >= 4 is 28.3 Å². The number of aromatic nitrogens is 1. The molecule has 19 heavy (non-hydrogen) atoms. The Bertz CT molecular complexity index is 446. The molecule has 1 heterocycles. The summed E-state index contributed by atoms with van der Waals surface area (Å²) in [5.41, 5.74) is 11.3. The first kappa shape index (κ1) is 14.1. The maximum absolute atomic E-state index is 11.3. The molecule has 1 aromatic rings. The van der Waals surface area contributed by atoms with E-state index in [9.17, 15) is 4.79 Å². The van der Waals surface area contributed by atoms with E-state index in [1.165, 1.54) is 37.2 Å². The van der Waals surface area contributed by atoms with E-state index < -0.39 is 5.91 Å². The van der Waals surface area contributed by atoms with Crippen LogP contribution in [-0.2, 0) is 0 Å². The molecular weight excluding hydrogens is 260 g/mol. The maximum Gasteiger partial charge on any atom is 0.255 e. The molecular formula is C13H22N4OS. The molecule has 1 aliphatic carbocycles. The van der Waals surface area contributed by atoms with Crippen molar-refractivity contribution in [2.24, 2.45) is 17.6 Å². The number of nitrogens with one attached hydrogen (secondary N) is 1. The van der Waals surface area contributed by atoms with Gasteiger partial charge >= 0.3 is 0 Å². The lowest BCUT2D eigenvalue weighted by Gasteiger charge is -2.26. The summed E-state index contributed by atoms with van der Waals surface area (Å²) in [7, 11) is 0. The van der Waals surface area contributed by atoms with Gasteiger partial charge < -0.3 is 16.8 Å². The SMILES string of the molecule is CC1CCCC(CCNc2snc(N)c2C(N)=O)C1. The van der Waals surface area contributed by atoms with Crippen LogP contribution in [0.2, 0.25) is 0 Å². The summed E-state index contributed by atoms with van der Waals surface area (Å²) in [5, 5.41) is 3.96. The van der Waals surface area contributed by atoms with Crippen molar-refractivity contribution in [3.05, 3.63) is 5.56 Å². The third kappa shape index (κ3) is 3.59. The first-order valence-electron chi connectivity index (χ1n) is 6.86. The Labute approximate surface area is 117 Å². The molecule has 0 bridgehead atoms. The first-order valence-corrected chi connectivity index (χ1v) is 7.64. The number of carbonyl (C=O) groups excluding carboxylic acids is 1. The van der Waals surface area contributed by atoms with Crippen LogP contribution < -0.4 is 16.8 Å². The van der Waals surface area contributed by atoms with Gasteiger partial charge in [-0.2, -0.15) is 4.37 Å². The summed E-state index contributed by atoms with van der Waals surface area (Å²) in [4.78, 5) is 11.3. The van der Waals surface area contributed by atoms with Crippen LogP contribution in [0.3, 0.4) is 0 Å². The fourth-order valence-electron chi connectivity index (χ4n) is 2.87. The molecule has 0 radical (unpaired) electrons. The molecule has 0 aliphatic heterocycles. The summed E-state index contributed by atoms with van der Waals surface area (Å²) in [6.07, 6.45) is 6.46. The number of nitrogens with two attached hydrogens (primary N) is 2. The summed E-state index contributed by atoms with van der Waals surface area (Å²) >= 11 is 1.20. The quantitative estimate of drug-likeness (QED) is 0.773. The number of amides is 1. The van der Waals surface area contributed by atoms with Gasteiger partial charge in [-0.1, -0.05) is 26.2 Å². The van der Waals surface area contributed by atoms with Gasteiger partial charge in [0.1, 0.15) is 10.6 Å². The highest BCUT2D eigenvalue weighted by Gasteiger charge is 2.20. The third-order valence-corrected chi connectivity index (χ3v) is 4.67. The minimum atomic E-state index is -0.514. The van der Waals surface area contributed by atoms with Gasteiger partial charge in [-0.25, -0.2) is 0 Å². The van der Waals surface area contributed by atoms with Gasteiger partial charge in [0, 0.05) is 6.54 Å². The van der Waals surface area contributed by atoms with Crippen LogP contribution >= 0.6 is 11.5 Å². The Morgan fingerprint density at radius 3 is 3.00 bits per heavy atom. The van der Waals surface area contributed by atoms with E-state index in [1.54, 1.807) is 0 Å². The van der Waals surface area contributed by atoms with E-state index in [-0.39, 0.29) is 5.82 Å². The zero-order valence-corrected chi connectivity index (χ0v) is 12.1. The summed E-state index contributed by atoms with van der Waals surface area (Å²) in [6, 6.07) is 0. The minimum Gasteiger partial charge on any atom is -0.382 e. The molecule has 2 unspecified atom stereocenters. The Kier molecular flexibility index (Phi) is 4.63. The average molecular weight is 282 g/mol. The summed E-state index contributed by atoms with van der Waals surface area (Å²) in [5.74, 6) is 1.35. The fraction of sp³-hybridized carbons (Fsp3) is 0.692. The molecule has 1 aliphatic rings. The van der Waals surface area contributed by atoms with Crippen LogP contribution in [0, 0.1) is 11.8 Å². The van der Waals surface area contributed by atoms with E-state index in [0.717, 1.165) is 24.8 Å². The van der Waals surface area contributed by atoms with Gasteiger partial charge in [-0.3, -0.25) is 4.79 Å². The fourth-order valence-corrected chi connectivity index (χ4v) is 3.62. The minimum absolute atomic E-state index is 0.228. The lowest BCUT2D eigenvalue weighted by atomic mass is 9.81. The Hall–Kier alpha value is -1.30. The van der Waals surface area contributed by atoms with Gasteiger partial charge in [-0.05, 0) is 36.2 Å². The van der Waals surface area contributed by atoms with E-state index >= 15 is 0 Å². The molecule has 1 saturated carbocycles. The predicted octanol–water partition coefficient (Wildman–Crippen LogP) is 2.45. The van der Waals surface area contributed by atoms with Crippen molar-refractivity contribution in [2.75, 3.05) is 17.6 Å². The van der Waals surface area contributed by atoms with Crippen molar-refractivity contribution in [2.45, 2.75) is 39.0 Å². The number of carbonyl (C=O) groups is 1. The topological polar surface area (TPSA) is 94.0 Å². The predicted molar refractivity (Wildman–Crippen MR) is 79.3 cm³/mol. The molecule has 6 heteroatoms. The van der Waals surface area contributed by atoms with Crippen molar-refractivity contribution in [3.8, 4) is 0 Å². The molecule has 0 spiro atoms. The molecule has 106 valence electrons. The molecule has 2 rings (SSSR count). The van der Waals surface area contributed by atoms with Crippen LogP contribution in [0.5, 0.6) is 0 Å². The number of anilines is 2. The maximum atomic E-state index is 11.3. The van der Waals surface area contributed by atoms with Crippen molar-refractivity contribution in [1.29, 1.82) is 0 Å². The molecule has 2 atom stereocenters. The Balaban J connectivity index is 1.84. The normalized spacial score (nSPS) is 23.2. The van der Waals surface area contributed by atoms with Gasteiger partial charge in [0.2, 0.25) is 0 Å². The number of nitrogen functional groups attached to an aromatic ring is 1. The van der Waals surface area contributed by atoms with E-state index in [1.807, 2.05) is 0 Å². The van der Waals surface area contributed by atoms with E-state index in [4.69, 9.17) is 11.5 Å². The first-order chi connectivity index (χ1) is 9.08. The van der Waals surface area contributed by atoms with Gasteiger partial charge in [-0.15, -0.1) is 0 Å². The number of nitrogens with zero attached hydrogens (tertiary/aromatic N) is 1. The van der Waals surface area contributed by atoms with Gasteiger partial charge in [0.05, 0.1) is 0 Å².